The van der Waals surface area contributed by atoms with Crippen LogP contribution < -0.4 is 5.32 Å². The van der Waals surface area contributed by atoms with E-state index in [1.54, 1.807) is 6.07 Å². The maximum Gasteiger partial charge on any atom is 0.193 e. The van der Waals surface area contributed by atoms with E-state index in [0.717, 1.165) is 48.7 Å². The third-order valence-corrected chi connectivity index (χ3v) is 5.42. The van der Waals surface area contributed by atoms with Crippen LogP contribution in [0.3, 0.4) is 0 Å². The van der Waals surface area contributed by atoms with Gasteiger partial charge in [-0.25, -0.2) is 4.99 Å². The Balaban J connectivity index is 1.45. The molecule has 0 radical (unpaired) electrons. The van der Waals surface area contributed by atoms with Crippen molar-refractivity contribution in [1.29, 1.82) is 0 Å². The van der Waals surface area contributed by atoms with Crippen molar-refractivity contribution < 1.29 is 5.11 Å². The summed E-state index contributed by atoms with van der Waals surface area (Å²) in [7, 11) is 2.12. The van der Waals surface area contributed by atoms with Crippen LogP contribution in [-0.2, 0) is 0 Å². The molecule has 0 bridgehead atoms. The zero-order valence-corrected chi connectivity index (χ0v) is 17.1. The van der Waals surface area contributed by atoms with Crippen LogP contribution in [0.1, 0.15) is 23.6 Å². The van der Waals surface area contributed by atoms with Crippen molar-refractivity contribution in [3.8, 4) is 5.75 Å². The molecule has 0 aromatic heterocycles. The first-order valence-corrected chi connectivity index (χ1v) is 10.1. The number of aliphatic imine (C=N–C) groups is 1. The molecule has 2 aromatic carbocycles. The molecule has 8 heteroatoms. The Kier molecular flexibility index (Phi) is 5.82. The Bertz CT molecular complexity index is 934. The third kappa shape index (κ3) is 4.78. The smallest absolute Gasteiger partial charge is 0.193 e. The van der Waals surface area contributed by atoms with Crippen LogP contribution in [0, 0.1) is 0 Å². The molecule has 150 valence electrons. The summed E-state index contributed by atoms with van der Waals surface area (Å²) < 4.78 is 0. The summed E-state index contributed by atoms with van der Waals surface area (Å²) in [6, 6.07) is 15.1. The van der Waals surface area contributed by atoms with Crippen molar-refractivity contribution in [3.05, 3.63) is 59.7 Å². The molecule has 1 saturated heterocycles. The molecule has 2 N–H and O–H groups in total. The van der Waals surface area contributed by atoms with Crippen LogP contribution in [0.2, 0.25) is 0 Å². The molecule has 2 heterocycles. The number of nitrogens with one attached hydrogen (secondary N) is 1. The number of phenolic OH excluding ortho intramolecular Hbond substituents is 1. The van der Waals surface area contributed by atoms with Gasteiger partial charge in [-0.3, -0.25) is 5.01 Å². The molecule has 0 saturated carbocycles. The SMILES string of the molecule is CN1CCN(N=Nc2ccc(C3=NC(=S)NC(c4ccccc4O)C3)cc2)CC1. The van der Waals surface area contributed by atoms with Crippen LogP contribution in [-0.4, -0.2) is 59.1 Å². The molecule has 29 heavy (non-hydrogen) atoms. The van der Waals surface area contributed by atoms with Crippen molar-refractivity contribution in [2.45, 2.75) is 12.5 Å². The first-order chi connectivity index (χ1) is 14.1. The standard InChI is InChI=1S/C21H24N6OS/c1-26-10-12-27(13-11-26)25-24-16-8-6-15(7-9-16)18-14-19(23-21(29)22-18)17-4-2-3-5-20(17)28/h2-9,19,28H,10-14H2,1H3,(H,23,29). The van der Waals surface area contributed by atoms with Crippen molar-refractivity contribution in [2.24, 2.45) is 15.3 Å². The Labute approximate surface area is 175 Å². The van der Waals surface area contributed by atoms with Crippen molar-refractivity contribution in [1.82, 2.24) is 15.2 Å². The zero-order valence-electron chi connectivity index (χ0n) is 16.3. The first-order valence-electron chi connectivity index (χ1n) is 9.70. The van der Waals surface area contributed by atoms with E-state index in [9.17, 15) is 5.11 Å². The summed E-state index contributed by atoms with van der Waals surface area (Å²) in [4.78, 5) is 6.79. The van der Waals surface area contributed by atoms with Gasteiger partial charge in [0.2, 0.25) is 0 Å². The maximum atomic E-state index is 10.2. The lowest BCUT2D eigenvalue weighted by Crippen LogP contribution is -2.41. The third-order valence-electron chi connectivity index (χ3n) is 5.21. The first kappa shape index (κ1) is 19.5. The molecule has 0 spiro atoms. The van der Waals surface area contributed by atoms with Gasteiger partial charge in [-0.05, 0) is 43.0 Å². The number of phenols is 1. The van der Waals surface area contributed by atoms with E-state index in [4.69, 9.17) is 12.2 Å². The summed E-state index contributed by atoms with van der Waals surface area (Å²) in [5, 5.41) is 24.5. The summed E-state index contributed by atoms with van der Waals surface area (Å²) in [6.07, 6.45) is 0.639. The van der Waals surface area contributed by atoms with E-state index in [0.29, 0.717) is 11.5 Å². The second-order valence-corrected chi connectivity index (χ2v) is 7.70. The van der Waals surface area contributed by atoms with E-state index >= 15 is 0 Å². The fourth-order valence-electron chi connectivity index (χ4n) is 3.47. The summed E-state index contributed by atoms with van der Waals surface area (Å²) in [6.45, 7) is 3.80. The molecule has 2 aliphatic rings. The molecule has 7 nitrogen and oxygen atoms in total. The molecule has 0 aliphatic carbocycles. The van der Waals surface area contributed by atoms with E-state index in [2.05, 4.69) is 32.6 Å². The molecule has 4 rings (SSSR count). The average Bonchev–Trinajstić information content (AvgIpc) is 2.73. The molecule has 1 unspecified atom stereocenters. The number of likely N-dealkylation sites (N-methyl/N-ethyl adjacent to an activating group) is 1. The zero-order chi connectivity index (χ0) is 20.2. The molecule has 2 aliphatic heterocycles. The summed E-state index contributed by atoms with van der Waals surface area (Å²) >= 11 is 5.33. The van der Waals surface area contributed by atoms with Gasteiger partial charge < -0.3 is 15.3 Å². The van der Waals surface area contributed by atoms with Gasteiger partial charge in [-0.2, -0.15) is 0 Å². The fraction of sp³-hybridized carbons (Fsp3) is 0.333. The van der Waals surface area contributed by atoms with Crippen LogP contribution in [0.5, 0.6) is 5.75 Å². The number of benzene rings is 2. The molecular weight excluding hydrogens is 384 g/mol. The second-order valence-electron chi connectivity index (χ2n) is 7.32. The number of thiocarbonyl (C=S) groups is 1. The number of aromatic hydroxyl groups is 1. The number of hydrogen-bond acceptors (Lipinski definition) is 5. The highest BCUT2D eigenvalue weighted by atomic mass is 32.1. The highest BCUT2D eigenvalue weighted by Gasteiger charge is 2.23. The monoisotopic (exact) mass is 408 g/mol. The minimum absolute atomic E-state index is 0.104. The topological polar surface area (TPSA) is 75.8 Å². The van der Waals surface area contributed by atoms with Crippen molar-refractivity contribution >= 4 is 28.7 Å². The van der Waals surface area contributed by atoms with Crippen molar-refractivity contribution in [2.75, 3.05) is 33.2 Å². The van der Waals surface area contributed by atoms with Crippen molar-refractivity contribution in [3.63, 3.8) is 0 Å². The minimum atomic E-state index is -0.104. The molecule has 1 atom stereocenters. The van der Waals surface area contributed by atoms with Gasteiger partial charge in [-0.15, -0.1) is 5.11 Å². The van der Waals surface area contributed by atoms with Gasteiger partial charge in [0.1, 0.15) is 5.75 Å². The Morgan fingerprint density at radius 3 is 2.52 bits per heavy atom. The largest absolute Gasteiger partial charge is 0.508 e. The van der Waals surface area contributed by atoms with Gasteiger partial charge in [0.05, 0.1) is 30.5 Å². The number of para-hydroxylation sites is 1. The number of nitrogens with zero attached hydrogens (tertiary/aromatic N) is 5. The summed E-state index contributed by atoms with van der Waals surface area (Å²) in [5.41, 5.74) is 3.51. The molecule has 0 amide bonds. The highest BCUT2D eigenvalue weighted by molar-refractivity contribution is 7.80. The Hall–Kier alpha value is -2.84. The molecule has 1 fully saturated rings. The average molecular weight is 409 g/mol. The normalized spacial score (nSPS) is 20.6. The van der Waals surface area contributed by atoms with Gasteiger partial charge in [0, 0.05) is 25.1 Å². The lowest BCUT2D eigenvalue weighted by atomic mass is 9.95. The van der Waals surface area contributed by atoms with Gasteiger partial charge in [-0.1, -0.05) is 35.6 Å². The maximum absolute atomic E-state index is 10.2. The predicted octanol–water partition coefficient (Wildman–Crippen LogP) is 3.45. The number of rotatable bonds is 4. The molecular formula is C21H24N6OS. The quantitative estimate of drug-likeness (QED) is 0.599. The van der Waals surface area contributed by atoms with E-state index in [1.807, 2.05) is 47.5 Å². The second kappa shape index (κ2) is 8.67. The van der Waals surface area contributed by atoms with Crippen LogP contribution >= 0.6 is 12.2 Å². The predicted molar refractivity (Wildman–Crippen MR) is 118 cm³/mol. The van der Waals surface area contributed by atoms with Gasteiger partial charge >= 0.3 is 0 Å². The van der Waals surface area contributed by atoms with Gasteiger partial charge in [0.25, 0.3) is 0 Å². The summed E-state index contributed by atoms with van der Waals surface area (Å²) in [5.74, 6) is 0.258. The minimum Gasteiger partial charge on any atom is -0.508 e. The Morgan fingerprint density at radius 1 is 1.07 bits per heavy atom. The van der Waals surface area contributed by atoms with Gasteiger partial charge in [0.15, 0.2) is 5.11 Å². The Morgan fingerprint density at radius 2 is 1.79 bits per heavy atom. The molecule has 2 aromatic rings. The lowest BCUT2D eigenvalue weighted by Gasteiger charge is -2.29. The van der Waals surface area contributed by atoms with Crippen LogP contribution in [0.25, 0.3) is 0 Å². The fourth-order valence-corrected chi connectivity index (χ4v) is 3.72. The van der Waals surface area contributed by atoms with E-state index in [1.165, 1.54) is 0 Å². The van der Waals surface area contributed by atoms with Crippen LogP contribution in [0.15, 0.2) is 63.9 Å². The van der Waals surface area contributed by atoms with E-state index < -0.39 is 0 Å². The lowest BCUT2D eigenvalue weighted by molar-refractivity contribution is 0.150. The number of hydrogen-bond donors (Lipinski definition) is 2. The number of piperazine rings is 1. The van der Waals surface area contributed by atoms with E-state index in [-0.39, 0.29) is 11.8 Å². The highest BCUT2D eigenvalue weighted by Crippen LogP contribution is 2.30. The van der Waals surface area contributed by atoms with Crippen LogP contribution in [0.4, 0.5) is 5.69 Å².